The highest BCUT2D eigenvalue weighted by Crippen LogP contribution is 2.24. The molecule has 0 bridgehead atoms. The van der Waals surface area contributed by atoms with E-state index in [2.05, 4.69) is 17.3 Å². The third-order valence-electron chi connectivity index (χ3n) is 2.43. The molecule has 7 nitrogen and oxygen atoms in total. The first-order valence-electron chi connectivity index (χ1n) is 5.74. The molecule has 20 heavy (non-hydrogen) atoms. The fourth-order valence-corrected chi connectivity index (χ4v) is 3.13. The molecule has 0 aliphatic rings. The van der Waals surface area contributed by atoms with Crippen LogP contribution in [0.5, 0.6) is 0 Å². The van der Waals surface area contributed by atoms with Crippen LogP contribution in [-0.2, 0) is 23.9 Å². The predicted octanol–water partition coefficient (Wildman–Crippen LogP) is 0.000800. The normalized spacial score (nSPS) is 12.7. The maximum absolute atomic E-state index is 12.1. The van der Waals surface area contributed by atoms with Crippen LogP contribution >= 0.6 is 0 Å². The minimum Gasteiger partial charge on any atom is -0.377 e. The Labute approximate surface area is 119 Å². The van der Waals surface area contributed by atoms with E-state index in [1.54, 1.807) is 13.8 Å². The first-order valence-corrected chi connectivity index (χ1v) is 7.21. The van der Waals surface area contributed by atoms with Gasteiger partial charge in [0, 0.05) is 19.7 Å². The van der Waals surface area contributed by atoms with E-state index in [0.29, 0.717) is 0 Å². The summed E-state index contributed by atoms with van der Waals surface area (Å²) >= 11 is 0. The molecule has 0 rings (SSSR count). The summed E-state index contributed by atoms with van der Waals surface area (Å²) < 4.78 is 28.8. The van der Waals surface area contributed by atoms with Gasteiger partial charge in [0.2, 0.25) is 5.91 Å². The number of rotatable bonds is 7. The van der Waals surface area contributed by atoms with Crippen molar-refractivity contribution in [1.82, 2.24) is 4.90 Å². The van der Waals surface area contributed by atoms with Crippen LogP contribution in [0.4, 0.5) is 0 Å². The molecule has 0 aromatic rings. The Morgan fingerprint density at radius 1 is 1.20 bits per heavy atom. The molecule has 2 amide bonds. The van der Waals surface area contributed by atoms with Crippen LogP contribution in [0.1, 0.15) is 13.8 Å². The van der Waals surface area contributed by atoms with Gasteiger partial charge in [-0.1, -0.05) is 20.4 Å². The first-order chi connectivity index (χ1) is 8.91. The molecule has 114 valence electrons. The largest absolute Gasteiger partial charge is 0.377 e. The van der Waals surface area contributed by atoms with Gasteiger partial charge in [-0.3, -0.25) is 9.59 Å². The molecule has 0 fully saturated rings. The molecule has 2 N–H and O–H groups in total. The molecule has 0 saturated carbocycles. The number of amides is 2. The Hall–Kier alpha value is -1.83. The van der Waals surface area contributed by atoms with Crippen molar-refractivity contribution in [1.29, 1.82) is 0 Å². The summed E-state index contributed by atoms with van der Waals surface area (Å²) in [4.78, 5) is 23.9. The standard InChI is InChI=1S/C12H20N2O5S/c1-7(2)10(8(3)12(16)14(5)6)20(17,18)19-9(4)11(13)15/h7,10H,3-4H2,1-2,5-6H3,(H2,13,15). The van der Waals surface area contributed by atoms with Gasteiger partial charge in [-0.05, 0) is 12.5 Å². The molecule has 0 spiro atoms. The third kappa shape index (κ3) is 4.37. The highest BCUT2D eigenvalue weighted by atomic mass is 32.2. The quantitative estimate of drug-likeness (QED) is 0.405. The van der Waals surface area contributed by atoms with Crippen LogP contribution in [0.25, 0.3) is 0 Å². The fourth-order valence-electron chi connectivity index (χ4n) is 1.55. The SMILES string of the molecule is C=C(OS(=O)(=O)C(C(=C)C(=O)N(C)C)C(C)C)C(N)=O. The van der Waals surface area contributed by atoms with E-state index in [-0.39, 0.29) is 5.57 Å². The van der Waals surface area contributed by atoms with E-state index >= 15 is 0 Å². The number of nitrogens with zero attached hydrogens (tertiary/aromatic N) is 1. The fraction of sp³-hybridized carbons (Fsp3) is 0.500. The van der Waals surface area contributed by atoms with Crippen molar-refractivity contribution in [2.24, 2.45) is 11.7 Å². The molecule has 8 heteroatoms. The van der Waals surface area contributed by atoms with Gasteiger partial charge in [-0.25, -0.2) is 0 Å². The highest BCUT2D eigenvalue weighted by Gasteiger charge is 2.37. The van der Waals surface area contributed by atoms with E-state index in [0.717, 1.165) is 0 Å². The van der Waals surface area contributed by atoms with Gasteiger partial charge in [0.1, 0.15) is 5.25 Å². The predicted molar refractivity (Wildman–Crippen MR) is 74.8 cm³/mol. The molecule has 1 unspecified atom stereocenters. The summed E-state index contributed by atoms with van der Waals surface area (Å²) in [6, 6.07) is 0. The average Bonchev–Trinajstić information content (AvgIpc) is 2.25. The summed E-state index contributed by atoms with van der Waals surface area (Å²) in [7, 11) is -1.35. The van der Waals surface area contributed by atoms with Gasteiger partial charge in [0.25, 0.3) is 5.91 Å². The second kappa shape index (κ2) is 6.56. The van der Waals surface area contributed by atoms with Crippen LogP contribution in [0, 0.1) is 5.92 Å². The summed E-state index contributed by atoms with van der Waals surface area (Å²) in [6.45, 7) is 9.82. The smallest absolute Gasteiger partial charge is 0.316 e. The van der Waals surface area contributed by atoms with Gasteiger partial charge in [0.05, 0.1) is 0 Å². The Morgan fingerprint density at radius 2 is 1.65 bits per heavy atom. The molecule has 1 atom stereocenters. The maximum atomic E-state index is 12.1. The van der Waals surface area contributed by atoms with Gasteiger partial charge in [0.15, 0.2) is 5.76 Å². The second-order valence-electron chi connectivity index (χ2n) is 4.75. The zero-order valence-electron chi connectivity index (χ0n) is 12.0. The van der Waals surface area contributed by atoms with Gasteiger partial charge in [-0.15, -0.1) is 0 Å². The van der Waals surface area contributed by atoms with Crippen molar-refractivity contribution in [2.45, 2.75) is 19.1 Å². The molecule has 0 aromatic carbocycles. The Kier molecular flexibility index (Phi) is 5.96. The van der Waals surface area contributed by atoms with E-state index in [1.807, 2.05) is 0 Å². The van der Waals surface area contributed by atoms with Crippen molar-refractivity contribution >= 4 is 21.9 Å². The molecule has 0 radical (unpaired) electrons. The van der Waals surface area contributed by atoms with E-state index < -0.39 is 38.9 Å². The number of hydrogen-bond donors (Lipinski definition) is 1. The number of hydrogen-bond acceptors (Lipinski definition) is 5. The van der Waals surface area contributed by atoms with Crippen molar-refractivity contribution in [3.63, 3.8) is 0 Å². The summed E-state index contributed by atoms with van der Waals surface area (Å²) in [5.41, 5.74) is 4.73. The average molecular weight is 304 g/mol. The van der Waals surface area contributed by atoms with Crippen molar-refractivity contribution in [3.8, 4) is 0 Å². The molecular formula is C12H20N2O5S. The van der Waals surface area contributed by atoms with Crippen LogP contribution < -0.4 is 5.73 Å². The lowest BCUT2D eigenvalue weighted by atomic mass is 10.0. The van der Waals surface area contributed by atoms with Crippen molar-refractivity contribution in [3.05, 3.63) is 24.5 Å². The summed E-state index contributed by atoms with van der Waals surface area (Å²) in [5.74, 6) is -2.83. The lowest BCUT2D eigenvalue weighted by molar-refractivity contribution is -0.124. The number of carbonyl (C=O) groups excluding carboxylic acids is 2. The monoisotopic (exact) mass is 304 g/mol. The topological polar surface area (TPSA) is 107 Å². The Balaban J connectivity index is 5.50. The molecule has 0 aliphatic heterocycles. The van der Waals surface area contributed by atoms with Crippen molar-refractivity contribution < 1.29 is 22.2 Å². The Bertz CT molecular complexity index is 534. The maximum Gasteiger partial charge on any atom is 0.316 e. The first kappa shape index (κ1) is 18.2. The van der Waals surface area contributed by atoms with E-state index in [9.17, 15) is 18.0 Å². The number of primary amides is 1. The van der Waals surface area contributed by atoms with Gasteiger partial charge in [-0.2, -0.15) is 8.42 Å². The van der Waals surface area contributed by atoms with Crippen LogP contribution in [-0.4, -0.2) is 44.5 Å². The van der Waals surface area contributed by atoms with Crippen LogP contribution in [0.15, 0.2) is 24.5 Å². The zero-order valence-corrected chi connectivity index (χ0v) is 12.9. The minimum atomic E-state index is -4.29. The molecule has 0 saturated heterocycles. The lowest BCUT2D eigenvalue weighted by Gasteiger charge is -2.24. The number of likely N-dealkylation sites (N-methyl/N-ethyl adjacent to an activating group) is 1. The van der Waals surface area contributed by atoms with Crippen LogP contribution in [0.2, 0.25) is 0 Å². The van der Waals surface area contributed by atoms with Crippen molar-refractivity contribution in [2.75, 3.05) is 14.1 Å². The molecule has 0 heterocycles. The van der Waals surface area contributed by atoms with Crippen LogP contribution in [0.3, 0.4) is 0 Å². The van der Waals surface area contributed by atoms with Gasteiger partial charge < -0.3 is 14.8 Å². The summed E-state index contributed by atoms with van der Waals surface area (Å²) in [5, 5.41) is -1.30. The Morgan fingerprint density at radius 3 is 1.95 bits per heavy atom. The van der Waals surface area contributed by atoms with E-state index in [1.165, 1.54) is 19.0 Å². The van der Waals surface area contributed by atoms with Gasteiger partial charge >= 0.3 is 10.1 Å². The summed E-state index contributed by atoms with van der Waals surface area (Å²) in [6.07, 6.45) is 0. The molecule has 0 aliphatic carbocycles. The third-order valence-corrected chi connectivity index (χ3v) is 4.32. The zero-order chi connectivity index (χ0) is 16.2. The lowest BCUT2D eigenvalue weighted by Crippen LogP contribution is -2.38. The van der Waals surface area contributed by atoms with E-state index in [4.69, 9.17) is 5.73 Å². The number of nitrogens with two attached hydrogens (primary N) is 1. The molecular weight excluding hydrogens is 284 g/mol. The minimum absolute atomic E-state index is 0.151. The number of carbonyl (C=O) groups is 2. The molecule has 0 aromatic heterocycles. The highest BCUT2D eigenvalue weighted by molar-refractivity contribution is 7.87. The second-order valence-corrected chi connectivity index (χ2v) is 6.41.